The largest absolute Gasteiger partial charge is 0.406 e. The molecule has 2 heterocycles. The Bertz CT molecular complexity index is 550. The molecule has 0 saturated carbocycles. The van der Waals surface area contributed by atoms with E-state index in [1.54, 1.807) is 0 Å². The smallest absolute Gasteiger partial charge is 0.372 e. The Balaban J connectivity index is 1.62. The van der Waals surface area contributed by atoms with Crippen LogP contribution in [0.1, 0.15) is 24.5 Å². The van der Waals surface area contributed by atoms with Crippen LogP contribution in [0.4, 0.5) is 13.2 Å². The minimum Gasteiger partial charge on any atom is -0.372 e. The Kier molecular flexibility index (Phi) is 4.59. The number of halogens is 3. The van der Waals surface area contributed by atoms with Gasteiger partial charge in [-0.25, -0.2) is 0 Å². The minimum absolute atomic E-state index is 0.0582. The van der Waals surface area contributed by atoms with Gasteiger partial charge in [-0.2, -0.15) is 13.2 Å². The number of hydrogen-bond donors (Lipinski definition) is 1. The van der Waals surface area contributed by atoms with Crippen LogP contribution in [0.25, 0.3) is 0 Å². The maximum Gasteiger partial charge on any atom is 0.406 e. The van der Waals surface area contributed by atoms with Crippen molar-refractivity contribution in [2.75, 3.05) is 19.7 Å². The summed E-state index contributed by atoms with van der Waals surface area (Å²) in [5.74, 6) is -0.471. The number of alkyl halides is 3. The second-order valence-electron chi connectivity index (χ2n) is 5.98. The van der Waals surface area contributed by atoms with Crippen LogP contribution in [0, 0.1) is 0 Å². The van der Waals surface area contributed by atoms with E-state index in [0.717, 1.165) is 16.9 Å². The molecule has 2 aliphatic rings. The Morgan fingerprint density at radius 1 is 1.22 bits per heavy atom. The lowest BCUT2D eigenvalue weighted by molar-refractivity contribution is -0.158. The Hall–Kier alpha value is -1.60. The highest BCUT2D eigenvalue weighted by Gasteiger charge is 2.41. The molecule has 1 N–H and O–H groups in total. The van der Waals surface area contributed by atoms with Crippen LogP contribution in [0.15, 0.2) is 30.3 Å². The maximum atomic E-state index is 12.5. The van der Waals surface area contributed by atoms with Gasteiger partial charge < -0.3 is 9.64 Å². The van der Waals surface area contributed by atoms with Crippen molar-refractivity contribution in [2.24, 2.45) is 0 Å². The lowest BCUT2D eigenvalue weighted by atomic mass is 10.0. The van der Waals surface area contributed by atoms with Gasteiger partial charge in [0.15, 0.2) is 0 Å². The first-order valence-electron chi connectivity index (χ1n) is 7.72. The van der Waals surface area contributed by atoms with Crippen LogP contribution >= 0.6 is 0 Å². The molecular formula is C16H19F3N2O2. The van der Waals surface area contributed by atoms with Crippen molar-refractivity contribution >= 4 is 5.91 Å². The molecule has 0 spiro atoms. The number of nitrogens with one attached hydrogen (secondary N) is 1. The van der Waals surface area contributed by atoms with E-state index in [9.17, 15) is 18.0 Å². The molecule has 0 aliphatic carbocycles. The maximum absolute atomic E-state index is 12.5. The highest BCUT2D eigenvalue weighted by atomic mass is 19.4. The van der Waals surface area contributed by atoms with Crippen LogP contribution in [-0.4, -0.2) is 48.8 Å². The summed E-state index contributed by atoms with van der Waals surface area (Å²) in [5.41, 5.74) is 1.01. The molecule has 4 nitrogen and oxygen atoms in total. The number of rotatable bonds is 4. The lowest BCUT2D eigenvalue weighted by Crippen LogP contribution is -2.46. The summed E-state index contributed by atoms with van der Waals surface area (Å²) in [6, 6.07) is 9.04. The van der Waals surface area contributed by atoms with Gasteiger partial charge in [-0.3, -0.25) is 10.1 Å². The Labute approximate surface area is 132 Å². The van der Waals surface area contributed by atoms with E-state index >= 15 is 0 Å². The molecule has 0 unspecified atom stereocenters. The zero-order valence-electron chi connectivity index (χ0n) is 12.6. The molecule has 0 bridgehead atoms. The molecule has 23 heavy (non-hydrogen) atoms. The molecule has 2 aliphatic heterocycles. The number of hydrogen-bond acceptors (Lipinski definition) is 3. The van der Waals surface area contributed by atoms with Crippen molar-refractivity contribution in [3.05, 3.63) is 35.9 Å². The highest BCUT2D eigenvalue weighted by molar-refractivity contribution is 5.84. The third-order valence-electron chi connectivity index (χ3n) is 4.30. The molecule has 1 aromatic carbocycles. The van der Waals surface area contributed by atoms with E-state index < -0.39 is 24.7 Å². The van der Waals surface area contributed by atoms with Crippen molar-refractivity contribution < 1.29 is 22.7 Å². The zero-order valence-corrected chi connectivity index (χ0v) is 12.6. The first-order chi connectivity index (χ1) is 10.9. The highest BCUT2D eigenvalue weighted by Crippen LogP contribution is 2.30. The summed E-state index contributed by atoms with van der Waals surface area (Å²) in [4.78, 5) is 13.0. The molecule has 7 heteroatoms. The lowest BCUT2D eigenvalue weighted by Gasteiger charge is -2.24. The molecule has 0 radical (unpaired) electrons. The van der Waals surface area contributed by atoms with Crippen molar-refractivity contribution in [1.29, 1.82) is 0 Å². The summed E-state index contributed by atoms with van der Waals surface area (Å²) in [6.45, 7) is -0.461. The third-order valence-corrected chi connectivity index (χ3v) is 4.30. The van der Waals surface area contributed by atoms with Crippen molar-refractivity contribution in [3.8, 4) is 0 Å². The van der Waals surface area contributed by atoms with Gasteiger partial charge in [0.2, 0.25) is 5.91 Å². The van der Waals surface area contributed by atoms with Crippen LogP contribution in [0.2, 0.25) is 0 Å². The van der Waals surface area contributed by atoms with Gasteiger partial charge in [-0.05, 0) is 18.4 Å². The molecule has 126 valence electrons. The second kappa shape index (κ2) is 6.49. The fourth-order valence-electron chi connectivity index (χ4n) is 3.26. The molecule has 2 fully saturated rings. The predicted molar refractivity (Wildman–Crippen MR) is 77.7 cm³/mol. The number of carbonyl (C=O) groups excluding carboxylic acids is 1. The summed E-state index contributed by atoms with van der Waals surface area (Å²) >= 11 is 0. The van der Waals surface area contributed by atoms with Crippen molar-refractivity contribution in [1.82, 2.24) is 10.2 Å². The average Bonchev–Trinajstić information content (AvgIpc) is 3.09. The third kappa shape index (κ3) is 3.84. The SMILES string of the molecule is O=C1[C@H](N[C@H]2CCO[C@H]2c2ccccc2)CCN1CC(F)(F)F. The first-order valence-corrected chi connectivity index (χ1v) is 7.72. The standard InChI is InChI=1S/C16H19F3N2O2/c17-16(18,19)10-21-8-6-13(15(21)22)20-12-7-9-23-14(12)11-4-2-1-3-5-11/h1-5,12-14,20H,6-10H2/t12-,13+,14-/m0/s1. The number of likely N-dealkylation sites (tertiary alicyclic amines) is 1. The molecule has 3 rings (SSSR count). The average molecular weight is 328 g/mol. The Morgan fingerprint density at radius 2 is 1.96 bits per heavy atom. The number of carbonyl (C=O) groups is 1. The van der Waals surface area contributed by atoms with E-state index in [-0.39, 0.29) is 18.7 Å². The van der Waals surface area contributed by atoms with Crippen molar-refractivity contribution in [3.63, 3.8) is 0 Å². The van der Waals surface area contributed by atoms with Crippen molar-refractivity contribution in [2.45, 2.75) is 37.2 Å². The topological polar surface area (TPSA) is 41.6 Å². The van der Waals surface area contributed by atoms with Crippen LogP contribution in [-0.2, 0) is 9.53 Å². The van der Waals surface area contributed by atoms with E-state index in [1.165, 1.54) is 0 Å². The van der Waals surface area contributed by atoms with Crippen LogP contribution in [0.3, 0.4) is 0 Å². The first kappa shape index (κ1) is 16.3. The summed E-state index contributed by atoms with van der Waals surface area (Å²) in [6.07, 6.45) is -3.39. The molecular weight excluding hydrogens is 309 g/mol. The van der Waals surface area contributed by atoms with E-state index in [0.29, 0.717) is 13.0 Å². The van der Waals surface area contributed by atoms with Gasteiger partial charge in [0.05, 0.1) is 12.1 Å². The molecule has 0 aromatic heterocycles. The summed E-state index contributed by atoms with van der Waals surface area (Å²) < 4.78 is 43.1. The predicted octanol–water partition coefficient (Wildman–Crippen LogP) is 2.27. The minimum atomic E-state index is -4.35. The molecule has 2 saturated heterocycles. The summed E-state index contributed by atoms with van der Waals surface area (Å²) in [7, 11) is 0. The summed E-state index contributed by atoms with van der Waals surface area (Å²) in [5, 5.41) is 3.21. The number of ether oxygens (including phenoxy) is 1. The van der Waals surface area contributed by atoms with E-state index in [2.05, 4.69) is 5.32 Å². The number of amides is 1. The van der Waals surface area contributed by atoms with Gasteiger partial charge >= 0.3 is 6.18 Å². The fraction of sp³-hybridized carbons (Fsp3) is 0.562. The van der Waals surface area contributed by atoms with Gasteiger partial charge in [0.25, 0.3) is 0 Å². The second-order valence-corrected chi connectivity index (χ2v) is 5.98. The quantitative estimate of drug-likeness (QED) is 0.922. The van der Waals surface area contributed by atoms with Gasteiger partial charge in [0.1, 0.15) is 6.54 Å². The van der Waals surface area contributed by atoms with E-state index in [4.69, 9.17) is 4.74 Å². The van der Waals surface area contributed by atoms with Gasteiger partial charge in [-0.15, -0.1) is 0 Å². The van der Waals surface area contributed by atoms with Gasteiger partial charge in [0, 0.05) is 19.2 Å². The monoisotopic (exact) mass is 328 g/mol. The van der Waals surface area contributed by atoms with E-state index in [1.807, 2.05) is 30.3 Å². The number of benzene rings is 1. The zero-order chi connectivity index (χ0) is 16.4. The van der Waals surface area contributed by atoms with Crippen LogP contribution in [0.5, 0.6) is 0 Å². The van der Waals surface area contributed by atoms with Crippen LogP contribution < -0.4 is 5.32 Å². The molecule has 1 amide bonds. The molecule has 1 aromatic rings. The molecule has 3 atom stereocenters. The number of nitrogens with zero attached hydrogens (tertiary/aromatic N) is 1. The Morgan fingerprint density at radius 3 is 2.65 bits per heavy atom. The fourth-order valence-corrected chi connectivity index (χ4v) is 3.26. The normalized spacial score (nSPS) is 28.6. The van der Waals surface area contributed by atoms with Gasteiger partial charge in [-0.1, -0.05) is 30.3 Å².